The molecule has 5 heteroatoms. The molecule has 0 aliphatic heterocycles. The summed E-state index contributed by atoms with van der Waals surface area (Å²) in [5.74, 6) is 5.97. The number of nitrogens with zero attached hydrogens (tertiary/aromatic N) is 1. The van der Waals surface area contributed by atoms with Crippen LogP contribution < -0.4 is 5.32 Å². The van der Waals surface area contributed by atoms with Crippen LogP contribution in [-0.4, -0.2) is 28.4 Å². The number of carbonyl (C=O) groups is 1. The Kier molecular flexibility index (Phi) is 4.18. The largest absolute Gasteiger partial charge is 0.444 e. The molecule has 0 atom stereocenters. The van der Waals surface area contributed by atoms with Crippen LogP contribution >= 0.6 is 0 Å². The van der Waals surface area contributed by atoms with Gasteiger partial charge in [0.25, 0.3) is 0 Å². The minimum Gasteiger partial charge on any atom is -0.444 e. The van der Waals surface area contributed by atoms with Gasteiger partial charge in [-0.3, -0.25) is 5.10 Å². The Balaban J connectivity index is 1.98. The molecule has 0 unspecified atom stereocenters. The first-order chi connectivity index (χ1) is 9.85. The lowest BCUT2D eigenvalue weighted by atomic mass is 10.1. The first-order valence-corrected chi connectivity index (χ1v) is 6.74. The molecule has 110 valence electrons. The van der Waals surface area contributed by atoms with Gasteiger partial charge in [0.05, 0.1) is 18.3 Å². The molecule has 0 aliphatic rings. The standard InChI is InChI=1S/C16H19N3O2/c1-11-8-14-13(10-18-19-14)9-12(11)6-5-7-17-15(20)21-16(2,3)4/h8-10H,7H2,1-4H3,(H,17,20)(H,18,19). The van der Waals surface area contributed by atoms with Crippen molar-refractivity contribution < 1.29 is 9.53 Å². The van der Waals surface area contributed by atoms with Gasteiger partial charge >= 0.3 is 6.09 Å². The molecule has 0 fully saturated rings. The van der Waals surface area contributed by atoms with E-state index in [1.54, 1.807) is 6.20 Å². The molecule has 0 bridgehead atoms. The van der Waals surface area contributed by atoms with Crippen LogP contribution in [0, 0.1) is 18.8 Å². The van der Waals surface area contributed by atoms with E-state index in [4.69, 9.17) is 4.74 Å². The van der Waals surface area contributed by atoms with E-state index in [9.17, 15) is 4.79 Å². The summed E-state index contributed by atoms with van der Waals surface area (Å²) in [6, 6.07) is 3.99. The van der Waals surface area contributed by atoms with Crippen LogP contribution in [0.15, 0.2) is 18.3 Å². The van der Waals surface area contributed by atoms with E-state index < -0.39 is 11.7 Å². The second-order valence-electron chi connectivity index (χ2n) is 5.78. The summed E-state index contributed by atoms with van der Waals surface area (Å²) < 4.78 is 5.13. The first-order valence-electron chi connectivity index (χ1n) is 6.74. The molecule has 1 amide bonds. The van der Waals surface area contributed by atoms with Gasteiger partial charge in [-0.15, -0.1) is 0 Å². The van der Waals surface area contributed by atoms with Gasteiger partial charge in [-0.05, 0) is 45.4 Å². The molecule has 0 spiro atoms. The van der Waals surface area contributed by atoms with Gasteiger partial charge in [0.1, 0.15) is 5.60 Å². The van der Waals surface area contributed by atoms with Crippen LogP contribution in [0.3, 0.4) is 0 Å². The van der Waals surface area contributed by atoms with Crippen molar-refractivity contribution in [2.75, 3.05) is 6.54 Å². The molecule has 21 heavy (non-hydrogen) atoms. The van der Waals surface area contributed by atoms with Crippen molar-refractivity contribution in [3.8, 4) is 11.8 Å². The lowest BCUT2D eigenvalue weighted by Crippen LogP contribution is -2.32. The van der Waals surface area contributed by atoms with Crippen molar-refractivity contribution in [2.24, 2.45) is 0 Å². The average molecular weight is 285 g/mol. The van der Waals surface area contributed by atoms with E-state index in [2.05, 4.69) is 27.4 Å². The van der Waals surface area contributed by atoms with Crippen molar-refractivity contribution in [1.29, 1.82) is 0 Å². The monoisotopic (exact) mass is 285 g/mol. The predicted molar refractivity (Wildman–Crippen MR) is 81.9 cm³/mol. The molecule has 2 rings (SSSR count). The molecule has 1 aromatic carbocycles. The number of rotatable bonds is 1. The number of amides is 1. The van der Waals surface area contributed by atoms with Gasteiger partial charge in [0.15, 0.2) is 0 Å². The number of aryl methyl sites for hydroxylation is 1. The number of fused-ring (bicyclic) bond motifs is 1. The first kappa shape index (κ1) is 14.9. The quantitative estimate of drug-likeness (QED) is 0.792. The fourth-order valence-corrected chi connectivity index (χ4v) is 1.80. The number of nitrogens with one attached hydrogen (secondary N) is 2. The molecule has 1 aromatic heterocycles. The van der Waals surface area contributed by atoms with E-state index in [1.165, 1.54) is 0 Å². The second kappa shape index (κ2) is 5.88. The summed E-state index contributed by atoms with van der Waals surface area (Å²) in [6.07, 6.45) is 1.30. The predicted octanol–water partition coefficient (Wildman–Crippen LogP) is 2.75. The Morgan fingerprint density at radius 2 is 2.19 bits per heavy atom. The number of alkyl carbamates (subject to hydrolysis) is 1. The number of hydrogen-bond acceptors (Lipinski definition) is 3. The Morgan fingerprint density at radius 1 is 1.43 bits per heavy atom. The van der Waals surface area contributed by atoms with Crippen LogP contribution in [0.2, 0.25) is 0 Å². The fraction of sp³-hybridized carbons (Fsp3) is 0.375. The molecular weight excluding hydrogens is 266 g/mol. The lowest BCUT2D eigenvalue weighted by Gasteiger charge is -2.19. The number of H-pyrrole nitrogens is 1. The van der Waals surface area contributed by atoms with Crippen LogP contribution in [0.25, 0.3) is 10.9 Å². The molecule has 0 aliphatic carbocycles. The summed E-state index contributed by atoms with van der Waals surface area (Å²) >= 11 is 0. The van der Waals surface area contributed by atoms with E-state index in [1.807, 2.05) is 39.8 Å². The highest BCUT2D eigenvalue weighted by Gasteiger charge is 2.14. The van der Waals surface area contributed by atoms with Gasteiger partial charge in [-0.25, -0.2) is 4.79 Å². The third kappa shape index (κ3) is 4.25. The molecule has 2 N–H and O–H groups in total. The van der Waals surface area contributed by atoms with Crippen molar-refractivity contribution in [2.45, 2.75) is 33.3 Å². The maximum Gasteiger partial charge on any atom is 0.408 e. The summed E-state index contributed by atoms with van der Waals surface area (Å²) in [7, 11) is 0. The normalized spacial score (nSPS) is 10.9. The lowest BCUT2D eigenvalue weighted by molar-refractivity contribution is 0.0535. The van der Waals surface area contributed by atoms with E-state index >= 15 is 0 Å². The highest BCUT2D eigenvalue weighted by Crippen LogP contribution is 2.16. The molecular formula is C16H19N3O2. The Labute approximate surface area is 124 Å². The fourth-order valence-electron chi connectivity index (χ4n) is 1.80. The van der Waals surface area contributed by atoms with Crippen LogP contribution in [0.1, 0.15) is 31.9 Å². The van der Waals surface area contributed by atoms with Crippen molar-refractivity contribution >= 4 is 17.0 Å². The summed E-state index contributed by atoms with van der Waals surface area (Å²) in [5, 5.41) is 10.5. The molecule has 0 radical (unpaired) electrons. The van der Waals surface area contributed by atoms with Crippen LogP contribution in [0.5, 0.6) is 0 Å². The van der Waals surface area contributed by atoms with E-state index in [0.29, 0.717) is 0 Å². The zero-order valence-electron chi connectivity index (χ0n) is 12.7. The van der Waals surface area contributed by atoms with Gasteiger partial charge < -0.3 is 10.1 Å². The second-order valence-corrected chi connectivity index (χ2v) is 5.78. The van der Waals surface area contributed by atoms with Crippen molar-refractivity contribution in [3.05, 3.63) is 29.5 Å². The maximum absolute atomic E-state index is 11.5. The van der Waals surface area contributed by atoms with E-state index in [-0.39, 0.29) is 6.54 Å². The summed E-state index contributed by atoms with van der Waals surface area (Å²) in [6.45, 7) is 7.70. The van der Waals surface area contributed by atoms with Crippen molar-refractivity contribution in [3.63, 3.8) is 0 Å². The van der Waals surface area contributed by atoms with Crippen LogP contribution in [0.4, 0.5) is 4.79 Å². The highest BCUT2D eigenvalue weighted by molar-refractivity contribution is 5.80. The number of aromatic nitrogens is 2. The Hall–Kier alpha value is -2.48. The number of benzene rings is 1. The zero-order valence-corrected chi connectivity index (χ0v) is 12.7. The van der Waals surface area contributed by atoms with E-state index in [0.717, 1.165) is 22.0 Å². The number of hydrogen-bond donors (Lipinski definition) is 2. The molecule has 2 aromatic rings. The number of ether oxygens (including phenoxy) is 1. The molecule has 0 saturated carbocycles. The van der Waals surface area contributed by atoms with Gasteiger partial charge in [-0.2, -0.15) is 5.10 Å². The van der Waals surface area contributed by atoms with Gasteiger partial charge in [-0.1, -0.05) is 11.8 Å². The highest BCUT2D eigenvalue weighted by atomic mass is 16.6. The zero-order chi connectivity index (χ0) is 15.5. The van der Waals surface area contributed by atoms with Gasteiger partial charge in [0, 0.05) is 10.9 Å². The topological polar surface area (TPSA) is 67.0 Å². The van der Waals surface area contributed by atoms with Crippen molar-refractivity contribution in [1.82, 2.24) is 15.5 Å². The molecule has 1 heterocycles. The molecule has 5 nitrogen and oxygen atoms in total. The third-order valence-electron chi connectivity index (χ3n) is 2.73. The Morgan fingerprint density at radius 3 is 2.90 bits per heavy atom. The SMILES string of the molecule is Cc1cc2[nH]ncc2cc1C#CCNC(=O)OC(C)(C)C. The summed E-state index contributed by atoms with van der Waals surface area (Å²) in [4.78, 5) is 11.5. The summed E-state index contributed by atoms with van der Waals surface area (Å²) in [5.41, 5.74) is 2.48. The van der Waals surface area contributed by atoms with Crippen LogP contribution in [-0.2, 0) is 4.74 Å². The molecule has 0 saturated heterocycles. The third-order valence-corrected chi connectivity index (χ3v) is 2.73. The number of aromatic amines is 1. The minimum absolute atomic E-state index is 0.248. The smallest absolute Gasteiger partial charge is 0.408 e. The minimum atomic E-state index is -0.500. The Bertz CT molecular complexity index is 714. The average Bonchev–Trinajstić information content (AvgIpc) is 2.79. The number of carbonyl (C=O) groups excluding carboxylic acids is 1. The van der Waals surface area contributed by atoms with Gasteiger partial charge in [0.2, 0.25) is 0 Å². The maximum atomic E-state index is 11.5.